The second-order valence-electron chi connectivity index (χ2n) is 5.83. The summed E-state index contributed by atoms with van der Waals surface area (Å²) in [5.41, 5.74) is 1.67. The topological polar surface area (TPSA) is 59.0 Å². The fourth-order valence-corrected chi connectivity index (χ4v) is 4.65. The van der Waals surface area contributed by atoms with Gasteiger partial charge in [-0.1, -0.05) is 18.2 Å². The lowest BCUT2D eigenvalue weighted by atomic mass is 10.1. The van der Waals surface area contributed by atoms with E-state index in [9.17, 15) is 17.9 Å². The lowest BCUT2D eigenvalue weighted by Crippen LogP contribution is -2.42. The van der Waals surface area contributed by atoms with E-state index in [1.165, 1.54) is 10.4 Å². The number of benzene rings is 2. The van der Waals surface area contributed by atoms with Gasteiger partial charge in [0.05, 0.1) is 11.4 Å². The van der Waals surface area contributed by atoms with Crippen molar-refractivity contribution in [2.24, 2.45) is 0 Å². The number of fused-ring (bicyclic) bond motifs is 1. The summed E-state index contributed by atoms with van der Waals surface area (Å²) in [5.74, 6) is -2.01. The number of para-hydroxylation sites is 1. The Labute approximate surface area is 147 Å². The van der Waals surface area contributed by atoms with Crippen molar-refractivity contribution >= 4 is 22.3 Å². The minimum absolute atomic E-state index is 0.199. The summed E-state index contributed by atoms with van der Waals surface area (Å²) in [7, 11) is -1.56. The number of nitrogens with zero attached hydrogens (tertiary/aromatic N) is 2. The highest BCUT2D eigenvalue weighted by molar-refractivity contribution is 8.23. The Morgan fingerprint density at radius 1 is 1.12 bits per heavy atom. The molecule has 5 nitrogen and oxygen atoms in total. The molecule has 0 atom stereocenters. The van der Waals surface area contributed by atoms with Crippen LogP contribution >= 0.6 is 11.0 Å². The number of nitrogens with one attached hydrogen (secondary N) is 1. The summed E-state index contributed by atoms with van der Waals surface area (Å²) in [6, 6.07) is 10.6. The number of rotatable bonds is 5. The Morgan fingerprint density at radius 2 is 1.88 bits per heavy atom. The van der Waals surface area contributed by atoms with Crippen LogP contribution in [0.1, 0.15) is 12.0 Å². The quantitative estimate of drug-likeness (QED) is 0.693. The van der Waals surface area contributed by atoms with Crippen molar-refractivity contribution in [1.82, 2.24) is 9.62 Å². The first-order valence-electron chi connectivity index (χ1n) is 7.96. The highest BCUT2D eigenvalue weighted by atomic mass is 32.3. The molecule has 0 aromatic heterocycles. The van der Waals surface area contributed by atoms with Gasteiger partial charge < -0.3 is 5.32 Å². The molecule has 3 rings (SSSR count). The molecule has 136 valence electrons. The second kappa shape index (κ2) is 7.27. The lowest BCUT2D eigenvalue weighted by Gasteiger charge is -2.53. The van der Waals surface area contributed by atoms with Gasteiger partial charge in [-0.3, -0.25) is 9.11 Å². The average molecular weight is 369 g/mol. The van der Waals surface area contributed by atoms with E-state index in [1.807, 2.05) is 19.2 Å². The Balaban J connectivity index is 2.04. The lowest BCUT2D eigenvalue weighted by molar-refractivity contribution is 0.331. The van der Waals surface area contributed by atoms with Crippen LogP contribution in [0.5, 0.6) is 0 Å². The standard InChI is InChI=1S/C17H21F2N3O2S/c1-20-9-4-10-21-12-13-5-2-3-6-17(13)22(25(21,23)24)14-7-8-15(18)16(19)11-14/h2-3,5-8,11,20,23-24H,4,9-10,12H2,1H3. The fourth-order valence-electron chi connectivity index (χ4n) is 2.89. The molecule has 0 saturated heterocycles. The van der Waals surface area contributed by atoms with Gasteiger partial charge in [-0.05, 0) is 54.7 Å². The van der Waals surface area contributed by atoms with Crippen LogP contribution in [0, 0.1) is 11.6 Å². The van der Waals surface area contributed by atoms with Crippen molar-refractivity contribution in [3.8, 4) is 0 Å². The highest BCUT2D eigenvalue weighted by Crippen LogP contribution is 2.58. The second-order valence-corrected chi connectivity index (χ2v) is 7.69. The molecule has 3 N–H and O–H groups in total. The first kappa shape index (κ1) is 18.1. The monoisotopic (exact) mass is 369 g/mol. The molecule has 1 aliphatic heterocycles. The van der Waals surface area contributed by atoms with E-state index in [4.69, 9.17) is 0 Å². The van der Waals surface area contributed by atoms with Crippen LogP contribution in [0.15, 0.2) is 42.5 Å². The number of hydrogen-bond donors (Lipinski definition) is 3. The molecule has 0 unspecified atom stereocenters. The molecule has 0 spiro atoms. The number of hydrogen-bond acceptors (Lipinski definition) is 5. The zero-order chi connectivity index (χ0) is 18.0. The van der Waals surface area contributed by atoms with Gasteiger partial charge in [0.15, 0.2) is 11.6 Å². The third-order valence-corrected chi connectivity index (χ3v) is 6.02. The summed E-state index contributed by atoms with van der Waals surface area (Å²) >= 11 is 0. The highest BCUT2D eigenvalue weighted by Gasteiger charge is 2.37. The summed E-state index contributed by atoms with van der Waals surface area (Å²) in [6.07, 6.45) is 0.722. The molecule has 8 heteroatoms. The molecule has 0 amide bonds. The first-order chi connectivity index (χ1) is 11.9. The van der Waals surface area contributed by atoms with Crippen molar-refractivity contribution < 1.29 is 17.9 Å². The van der Waals surface area contributed by atoms with Crippen LogP contribution in [-0.2, 0) is 6.54 Å². The Kier molecular flexibility index (Phi) is 5.26. The predicted molar refractivity (Wildman–Crippen MR) is 96.7 cm³/mol. The van der Waals surface area contributed by atoms with E-state index in [2.05, 4.69) is 5.32 Å². The van der Waals surface area contributed by atoms with Gasteiger partial charge >= 0.3 is 0 Å². The maximum Gasteiger partial charge on any atom is 0.160 e. The van der Waals surface area contributed by atoms with E-state index in [0.717, 1.165) is 30.7 Å². The van der Waals surface area contributed by atoms with Gasteiger partial charge in [-0.2, -0.15) is 4.31 Å². The van der Waals surface area contributed by atoms with Gasteiger partial charge in [0.1, 0.15) is 0 Å². The maximum absolute atomic E-state index is 13.7. The van der Waals surface area contributed by atoms with E-state index >= 15 is 0 Å². The summed E-state index contributed by atoms with van der Waals surface area (Å²) < 4.78 is 51.7. The van der Waals surface area contributed by atoms with Crippen molar-refractivity contribution in [3.63, 3.8) is 0 Å². The first-order valence-corrected chi connectivity index (χ1v) is 9.42. The summed E-state index contributed by atoms with van der Waals surface area (Å²) in [5, 5.41) is 3.02. The molecule has 25 heavy (non-hydrogen) atoms. The minimum atomic E-state index is -3.39. The van der Waals surface area contributed by atoms with Gasteiger partial charge in [-0.15, -0.1) is 0 Å². The van der Waals surface area contributed by atoms with Crippen LogP contribution < -0.4 is 9.62 Å². The number of anilines is 2. The van der Waals surface area contributed by atoms with E-state index in [1.54, 1.807) is 16.4 Å². The van der Waals surface area contributed by atoms with Crippen LogP contribution in [0.25, 0.3) is 0 Å². The van der Waals surface area contributed by atoms with Crippen LogP contribution in [-0.4, -0.2) is 33.5 Å². The fraction of sp³-hybridized carbons (Fsp3) is 0.294. The van der Waals surface area contributed by atoms with E-state index in [-0.39, 0.29) is 5.69 Å². The minimum Gasteiger partial charge on any atom is -0.320 e. The van der Waals surface area contributed by atoms with Gasteiger partial charge in [-0.25, -0.2) is 13.1 Å². The largest absolute Gasteiger partial charge is 0.320 e. The molecular formula is C17H21F2N3O2S. The third kappa shape index (κ3) is 3.49. The number of halogens is 2. The molecule has 1 heterocycles. The van der Waals surface area contributed by atoms with Crippen molar-refractivity contribution in [1.29, 1.82) is 0 Å². The summed E-state index contributed by atoms with van der Waals surface area (Å²) in [4.78, 5) is 0. The molecule has 0 radical (unpaired) electrons. The SMILES string of the molecule is CNCCCN1Cc2ccccc2N(c2ccc(F)c(F)c2)S1(O)O. The molecule has 0 aliphatic carbocycles. The molecule has 2 aromatic rings. The maximum atomic E-state index is 13.7. The van der Waals surface area contributed by atoms with Crippen LogP contribution in [0.2, 0.25) is 0 Å². The van der Waals surface area contributed by atoms with Crippen molar-refractivity contribution in [2.75, 3.05) is 24.4 Å². The molecule has 1 aliphatic rings. The van der Waals surface area contributed by atoms with E-state index in [0.29, 0.717) is 18.8 Å². The Hall–Kier alpha value is -1.71. The molecule has 0 saturated carbocycles. The Morgan fingerprint density at radius 3 is 2.60 bits per heavy atom. The molecule has 0 bridgehead atoms. The van der Waals surface area contributed by atoms with Crippen molar-refractivity contribution in [2.45, 2.75) is 13.0 Å². The van der Waals surface area contributed by atoms with Crippen molar-refractivity contribution in [3.05, 3.63) is 59.7 Å². The predicted octanol–water partition coefficient (Wildman–Crippen LogP) is 4.11. The summed E-state index contributed by atoms with van der Waals surface area (Å²) in [6.45, 7) is 1.57. The van der Waals surface area contributed by atoms with Gasteiger partial charge in [0, 0.05) is 19.2 Å². The van der Waals surface area contributed by atoms with Crippen LogP contribution in [0.4, 0.5) is 20.2 Å². The van der Waals surface area contributed by atoms with Crippen LogP contribution in [0.3, 0.4) is 0 Å². The zero-order valence-electron chi connectivity index (χ0n) is 13.8. The third-order valence-electron chi connectivity index (χ3n) is 4.12. The molecule has 2 aromatic carbocycles. The zero-order valence-corrected chi connectivity index (χ0v) is 14.6. The van der Waals surface area contributed by atoms with Gasteiger partial charge in [0.25, 0.3) is 0 Å². The van der Waals surface area contributed by atoms with E-state index < -0.39 is 22.6 Å². The normalized spacial score (nSPS) is 18.0. The molecular weight excluding hydrogens is 348 g/mol. The van der Waals surface area contributed by atoms with Gasteiger partial charge in [0.2, 0.25) is 0 Å². The smallest absolute Gasteiger partial charge is 0.160 e. The molecule has 0 fully saturated rings. The average Bonchev–Trinajstić information content (AvgIpc) is 2.58. The Bertz CT molecular complexity index is 760.